The van der Waals surface area contributed by atoms with E-state index in [1.807, 2.05) is 11.8 Å². The number of benzene rings is 2. The Morgan fingerprint density at radius 2 is 1.96 bits per heavy atom. The van der Waals surface area contributed by atoms with Crippen LogP contribution in [0, 0.1) is 12.8 Å². The van der Waals surface area contributed by atoms with Crippen LogP contribution in [0.25, 0.3) is 33.0 Å². The third-order valence-corrected chi connectivity index (χ3v) is 6.43. The third kappa shape index (κ3) is 2.23. The number of aryl methyl sites for hydroxylation is 2. The van der Waals surface area contributed by atoms with Crippen molar-refractivity contribution in [3.8, 4) is 11.3 Å². The third-order valence-electron chi connectivity index (χ3n) is 5.34. The van der Waals surface area contributed by atoms with Gasteiger partial charge in [-0.3, -0.25) is 0 Å². The second-order valence-corrected chi connectivity index (χ2v) is 8.82. The standard InChI is InChI=1S/C23H22NOS/c1-13(2)9-15-10-16-5-7-24(4)23-21-14(3)17-6-8-25-18(17)12-20(21)26-19(11-15)22(16)23/h5-8,10-13H,9H2,1-4H3/q+1. The Morgan fingerprint density at radius 3 is 2.77 bits per heavy atom. The summed E-state index contributed by atoms with van der Waals surface area (Å²) >= 11 is 1.88. The summed E-state index contributed by atoms with van der Waals surface area (Å²) in [4.78, 5) is 2.66. The Labute approximate surface area is 157 Å². The minimum atomic E-state index is 0.657. The molecule has 0 saturated carbocycles. The minimum Gasteiger partial charge on any atom is -0.464 e. The molecule has 0 N–H and O–H groups in total. The average molecular weight is 361 g/mol. The topological polar surface area (TPSA) is 17.0 Å². The molecule has 0 saturated heterocycles. The number of furan rings is 1. The van der Waals surface area contributed by atoms with Crippen molar-refractivity contribution >= 4 is 33.5 Å². The maximum absolute atomic E-state index is 5.71. The minimum absolute atomic E-state index is 0.657. The van der Waals surface area contributed by atoms with Gasteiger partial charge in [0, 0.05) is 21.2 Å². The molecule has 0 radical (unpaired) electrons. The molecule has 0 unspecified atom stereocenters. The van der Waals surface area contributed by atoms with E-state index < -0.39 is 0 Å². The van der Waals surface area contributed by atoms with E-state index in [0.29, 0.717) is 5.92 Å². The summed E-state index contributed by atoms with van der Waals surface area (Å²) < 4.78 is 7.98. The summed E-state index contributed by atoms with van der Waals surface area (Å²) in [6.07, 6.45) is 5.10. The van der Waals surface area contributed by atoms with E-state index in [1.165, 1.54) is 48.3 Å². The molecule has 0 bridgehead atoms. The zero-order valence-corrected chi connectivity index (χ0v) is 16.4. The van der Waals surface area contributed by atoms with Gasteiger partial charge >= 0.3 is 0 Å². The maximum atomic E-state index is 5.71. The van der Waals surface area contributed by atoms with Gasteiger partial charge in [-0.1, -0.05) is 31.7 Å². The fourth-order valence-electron chi connectivity index (χ4n) is 4.24. The van der Waals surface area contributed by atoms with Crippen LogP contribution in [0.2, 0.25) is 0 Å². The van der Waals surface area contributed by atoms with Crippen molar-refractivity contribution in [2.75, 3.05) is 0 Å². The van der Waals surface area contributed by atoms with E-state index in [2.05, 4.69) is 68.9 Å². The van der Waals surface area contributed by atoms with E-state index in [1.54, 1.807) is 6.26 Å². The molecule has 0 atom stereocenters. The molecule has 1 aliphatic rings. The van der Waals surface area contributed by atoms with Crippen molar-refractivity contribution in [3.63, 3.8) is 0 Å². The molecule has 26 heavy (non-hydrogen) atoms. The van der Waals surface area contributed by atoms with Crippen LogP contribution in [0.15, 0.2) is 57.0 Å². The van der Waals surface area contributed by atoms with Crippen molar-refractivity contribution in [2.45, 2.75) is 37.0 Å². The Hall–Kier alpha value is -2.26. The zero-order valence-electron chi connectivity index (χ0n) is 15.6. The van der Waals surface area contributed by atoms with Crippen LogP contribution in [-0.4, -0.2) is 0 Å². The highest BCUT2D eigenvalue weighted by Crippen LogP contribution is 2.49. The summed E-state index contributed by atoms with van der Waals surface area (Å²) in [6, 6.07) is 11.3. The van der Waals surface area contributed by atoms with Gasteiger partial charge in [-0.05, 0) is 54.0 Å². The van der Waals surface area contributed by atoms with Crippen LogP contribution in [0.1, 0.15) is 25.0 Å². The van der Waals surface area contributed by atoms with E-state index >= 15 is 0 Å². The maximum Gasteiger partial charge on any atom is 0.222 e. The molecule has 0 spiro atoms. The monoisotopic (exact) mass is 360 g/mol. The molecule has 2 aromatic carbocycles. The van der Waals surface area contributed by atoms with Gasteiger partial charge in [0.05, 0.1) is 17.2 Å². The highest BCUT2D eigenvalue weighted by molar-refractivity contribution is 7.99. The van der Waals surface area contributed by atoms with Crippen molar-refractivity contribution in [1.29, 1.82) is 0 Å². The van der Waals surface area contributed by atoms with Gasteiger partial charge in [0.25, 0.3) is 0 Å². The molecular formula is C23H22NOS+. The summed E-state index contributed by atoms with van der Waals surface area (Å²) in [5.41, 5.74) is 6.38. The van der Waals surface area contributed by atoms with Gasteiger partial charge in [0.1, 0.15) is 12.6 Å². The smallest absolute Gasteiger partial charge is 0.222 e. The van der Waals surface area contributed by atoms with Crippen molar-refractivity contribution < 1.29 is 8.98 Å². The summed E-state index contributed by atoms with van der Waals surface area (Å²) in [7, 11) is 2.15. The Kier molecular flexibility index (Phi) is 3.45. The van der Waals surface area contributed by atoms with Gasteiger partial charge in [-0.15, -0.1) is 0 Å². The Morgan fingerprint density at radius 1 is 1.12 bits per heavy atom. The van der Waals surface area contributed by atoms with Gasteiger partial charge < -0.3 is 4.42 Å². The predicted octanol–water partition coefficient (Wildman–Crippen LogP) is 6.05. The second-order valence-electron chi connectivity index (χ2n) is 7.74. The van der Waals surface area contributed by atoms with Crippen molar-refractivity contribution in [1.82, 2.24) is 0 Å². The Bertz CT molecular complexity index is 1190. The van der Waals surface area contributed by atoms with E-state index in [0.717, 1.165) is 12.0 Å². The molecule has 1 aliphatic heterocycles. The Balaban J connectivity index is 1.88. The first-order valence-corrected chi connectivity index (χ1v) is 9.99. The van der Waals surface area contributed by atoms with Crippen molar-refractivity contribution in [3.05, 3.63) is 53.9 Å². The zero-order chi connectivity index (χ0) is 18.0. The molecule has 2 nitrogen and oxygen atoms in total. The molecule has 4 aromatic rings. The second kappa shape index (κ2) is 5.62. The largest absolute Gasteiger partial charge is 0.464 e. The lowest BCUT2D eigenvalue weighted by Crippen LogP contribution is -2.31. The van der Waals surface area contributed by atoms with Gasteiger partial charge in [-0.25, -0.2) is 4.57 Å². The molecule has 2 aromatic heterocycles. The first kappa shape index (κ1) is 16.0. The van der Waals surface area contributed by atoms with Crippen LogP contribution in [0.4, 0.5) is 0 Å². The molecule has 3 heterocycles. The predicted molar refractivity (Wildman–Crippen MR) is 108 cm³/mol. The lowest BCUT2D eigenvalue weighted by atomic mass is 9.94. The van der Waals surface area contributed by atoms with Crippen LogP contribution in [-0.2, 0) is 13.5 Å². The van der Waals surface area contributed by atoms with E-state index in [-0.39, 0.29) is 0 Å². The van der Waals surface area contributed by atoms with E-state index in [4.69, 9.17) is 4.42 Å². The number of hydrogen-bond donors (Lipinski definition) is 0. The fourth-order valence-corrected chi connectivity index (χ4v) is 5.52. The van der Waals surface area contributed by atoms with Crippen LogP contribution in [0.3, 0.4) is 0 Å². The fraction of sp³-hybridized carbons (Fsp3) is 0.261. The molecule has 0 fully saturated rings. The quantitative estimate of drug-likeness (QED) is 0.357. The highest BCUT2D eigenvalue weighted by Gasteiger charge is 2.29. The summed E-state index contributed by atoms with van der Waals surface area (Å²) in [5.74, 6) is 0.657. The molecule has 3 heteroatoms. The van der Waals surface area contributed by atoms with Gasteiger partial charge in [-0.2, -0.15) is 0 Å². The molecule has 0 aliphatic carbocycles. The lowest BCUT2D eigenvalue weighted by Gasteiger charge is -2.21. The first-order valence-electron chi connectivity index (χ1n) is 9.17. The highest BCUT2D eigenvalue weighted by atomic mass is 32.2. The van der Waals surface area contributed by atoms with Crippen LogP contribution in [0.5, 0.6) is 0 Å². The number of aromatic nitrogens is 1. The molecular weight excluding hydrogens is 338 g/mol. The number of pyridine rings is 1. The number of nitrogens with zero attached hydrogens (tertiary/aromatic N) is 1. The number of hydrogen-bond acceptors (Lipinski definition) is 2. The summed E-state index contributed by atoms with van der Waals surface area (Å²) in [6.45, 7) is 6.78. The van der Waals surface area contributed by atoms with E-state index in [9.17, 15) is 0 Å². The first-order chi connectivity index (χ1) is 12.5. The van der Waals surface area contributed by atoms with Crippen molar-refractivity contribution in [2.24, 2.45) is 13.0 Å². The number of fused-ring (bicyclic) bond motifs is 3. The summed E-state index contributed by atoms with van der Waals surface area (Å²) in [5, 5.41) is 3.93. The molecule has 5 rings (SSSR count). The van der Waals surface area contributed by atoms with Gasteiger partial charge in [0.2, 0.25) is 5.69 Å². The van der Waals surface area contributed by atoms with Crippen LogP contribution >= 0.6 is 11.8 Å². The molecule has 0 amide bonds. The average Bonchev–Trinajstić information content (AvgIpc) is 3.05. The lowest BCUT2D eigenvalue weighted by molar-refractivity contribution is -0.659. The normalized spacial score (nSPS) is 13.0. The SMILES string of the molecule is Cc1c2c(cc3occc13)Sc1cc(CC(C)C)cc3cc[n+](C)c-2c13. The molecule has 130 valence electrons. The number of rotatable bonds is 2. The van der Waals surface area contributed by atoms with Crippen LogP contribution < -0.4 is 4.57 Å². The van der Waals surface area contributed by atoms with Gasteiger partial charge in [0.15, 0.2) is 6.20 Å².